The average molecular weight is 382 g/mol. The van der Waals surface area contributed by atoms with Gasteiger partial charge in [0.1, 0.15) is 11.6 Å². The molecule has 1 aliphatic heterocycles. The van der Waals surface area contributed by atoms with Gasteiger partial charge >= 0.3 is 0 Å². The van der Waals surface area contributed by atoms with Crippen molar-refractivity contribution in [3.8, 4) is 11.4 Å². The van der Waals surface area contributed by atoms with E-state index < -0.39 is 5.91 Å². The van der Waals surface area contributed by atoms with E-state index >= 15 is 0 Å². The molecule has 2 amide bonds. The highest BCUT2D eigenvalue weighted by molar-refractivity contribution is 5.93. The lowest BCUT2D eigenvalue weighted by atomic mass is 10.0. The van der Waals surface area contributed by atoms with Crippen molar-refractivity contribution in [1.82, 2.24) is 14.9 Å². The molecular formula is C20H22N4O4. The minimum absolute atomic E-state index is 0.0259. The molecule has 2 aromatic rings. The first-order valence-corrected chi connectivity index (χ1v) is 9.06. The quantitative estimate of drug-likeness (QED) is 0.799. The summed E-state index contributed by atoms with van der Waals surface area (Å²) in [6.07, 6.45) is 0.564. The summed E-state index contributed by atoms with van der Waals surface area (Å²) in [5.41, 5.74) is 7.13. The number of rotatable bonds is 5. The third-order valence-corrected chi connectivity index (χ3v) is 5.04. The maximum absolute atomic E-state index is 12.5. The summed E-state index contributed by atoms with van der Waals surface area (Å²) in [5, 5.41) is 0. The van der Waals surface area contributed by atoms with E-state index in [1.165, 1.54) is 6.92 Å². The van der Waals surface area contributed by atoms with Gasteiger partial charge in [-0.15, -0.1) is 0 Å². The normalized spacial score (nSPS) is 14.3. The van der Waals surface area contributed by atoms with Crippen LogP contribution in [0, 0.1) is 5.92 Å². The smallest absolute Gasteiger partial charge is 0.254 e. The third-order valence-electron chi connectivity index (χ3n) is 5.04. The van der Waals surface area contributed by atoms with Crippen LogP contribution in [-0.4, -0.2) is 39.0 Å². The highest BCUT2D eigenvalue weighted by atomic mass is 16.2. The lowest BCUT2D eigenvalue weighted by Gasteiger charge is -2.28. The number of aromatic nitrogens is 2. The van der Waals surface area contributed by atoms with Crippen LogP contribution in [0.2, 0.25) is 0 Å². The van der Waals surface area contributed by atoms with Crippen molar-refractivity contribution >= 4 is 17.6 Å². The summed E-state index contributed by atoms with van der Waals surface area (Å²) in [6.45, 7) is 3.86. The van der Waals surface area contributed by atoms with Crippen LogP contribution in [0.5, 0.6) is 0 Å². The second-order valence-corrected chi connectivity index (χ2v) is 7.06. The molecule has 0 saturated carbocycles. The number of hydrogen-bond acceptors (Lipinski definition) is 5. The number of aromatic amines is 1. The number of Topliss-reactive ketones (excluding diaryl/α,β-unsaturated/α-hetero) is 1. The first-order chi connectivity index (χ1) is 13.3. The predicted octanol–water partition coefficient (Wildman–Crippen LogP) is 1.04. The van der Waals surface area contributed by atoms with Crippen molar-refractivity contribution < 1.29 is 14.4 Å². The molecule has 1 aromatic heterocycles. The predicted molar refractivity (Wildman–Crippen MR) is 102 cm³/mol. The van der Waals surface area contributed by atoms with Gasteiger partial charge < -0.3 is 15.6 Å². The number of H-pyrrole nitrogens is 1. The molecule has 1 atom stereocenters. The molecule has 1 aliphatic rings. The second kappa shape index (κ2) is 7.75. The first-order valence-electron chi connectivity index (χ1n) is 9.06. The van der Waals surface area contributed by atoms with Gasteiger partial charge in [-0.25, -0.2) is 4.98 Å². The third kappa shape index (κ3) is 4.00. The number of nitrogens with zero attached hydrogens (tertiary/aromatic N) is 2. The van der Waals surface area contributed by atoms with Gasteiger partial charge in [-0.3, -0.25) is 19.2 Å². The SMILES string of the molecule is CC(=O)[C@@H](C)CC(=O)N1CCc2c(nc(-c3ccc(C(N)=O)cc3)[nH]c2=O)C1. The molecule has 28 heavy (non-hydrogen) atoms. The summed E-state index contributed by atoms with van der Waals surface area (Å²) in [4.78, 5) is 56.5. The summed E-state index contributed by atoms with van der Waals surface area (Å²) in [7, 11) is 0. The van der Waals surface area contributed by atoms with Crippen molar-refractivity contribution in [2.24, 2.45) is 11.7 Å². The van der Waals surface area contributed by atoms with Gasteiger partial charge in [0.05, 0.1) is 12.2 Å². The van der Waals surface area contributed by atoms with Crippen LogP contribution in [0.3, 0.4) is 0 Å². The Morgan fingerprint density at radius 1 is 1.25 bits per heavy atom. The van der Waals surface area contributed by atoms with Crippen LogP contribution in [0.15, 0.2) is 29.1 Å². The Hall–Kier alpha value is -3.29. The average Bonchev–Trinajstić information content (AvgIpc) is 2.67. The topological polar surface area (TPSA) is 126 Å². The number of hydrogen-bond donors (Lipinski definition) is 2. The van der Waals surface area contributed by atoms with Gasteiger partial charge in [0, 0.05) is 35.6 Å². The van der Waals surface area contributed by atoms with Gasteiger partial charge in [-0.1, -0.05) is 19.1 Å². The van der Waals surface area contributed by atoms with Crippen LogP contribution in [-0.2, 0) is 22.6 Å². The Morgan fingerprint density at radius 3 is 2.54 bits per heavy atom. The van der Waals surface area contributed by atoms with E-state index in [1.54, 1.807) is 36.1 Å². The monoisotopic (exact) mass is 382 g/mol. The van der Waals surface area contributed by atoms with Gasteiger partial charge in [0.2, 0.25) is 11.8 Å². The molecule has 8 heteroatoms. The second-order valence-electron chi connectivity index (χ2n) is 7.06. The van der Waals surface area contributed by atoms with E-state index in [9.17, 15) is 19.2 Å². The highest BCUT2D eigenvalue weighted by Crippen LogP contribution is 2.20. The number of nitrogens with two attached hydrogens (primary N) is 1. The zero-order chi connectivity index (χ0) is 20.4. The Kier molecular flexibility index (Phi) is 5.39. The van der Waals surface area contributed by atoms with E-state index in [-0.39, 0.29) is 36.1 Å². The minimum Gasteiger partial charge on any atom is -0.366 e. The zero-order valence-electron chi connectivity index (χ0n) is 15.8. The number of benzene rings is 1. The van der Waals surface area contributed by atoms with Crippen LogP contribution in [0.4, 0.5) is 0 Å². The van der Waals surface area contributed by atoms with Crippen LogP contribution >= 0.6 is 0 Å². The first kappa shape index (κ1) is 19.5. The van der Waals surface area contributed by atoms with Gasteiger partial charge in [0.25, 0.3) is 5.56 Å². The van der Waals surface area contributed by atoms with Crippen molar-refractivity contribution in [3.05, 3.63) is 51.4 Å². The van der Waals surface area contributed by atoms with E-state index in [0.717, 1.165) is 0 Å². The molecule has 3 rings (SSSR count). The molecule has 1 aromatic carbocycles. The van der Waals surface area contributed by atoms with Crippen molar-refractivity contribution in [2.75, 3.05) is 6.54 Å². The zero-order valence-corrected chi connectivity index (χ0v) is 15.8. The molecule has 2 heterocycles. The molecular weight excluding hydrogens is 360 g/mol. The molecule has 0 bridgehead atoms. The minimum atomic E-state index is -0.535. The van der Waals surface area contributed by atoms with Crippen molar-refractivity contribution in [2.45, 2.75) is 33.2 Å². The maximum Gasteiger partial charge on any atom is 0.254 e. The number of amides is 2. The Bertz CT molecular complexity index is 994. The summed E-state index contributed by atoms with van der Waals surface area (Å²) >= 11 is 0. The fourth-order valence-corrected chi connectivity index (χ4v) is 3.12. The largest absolute Gasteiger partial charge is 0.366 e. The lowest BCUT2D eigenvalue weighted by molar-refractivity contribution is -0.135. The van der Waals surface area contributed by atoms with Gasteiger partial charge in [-0.05, 0) is 25.5 Å². The number of fused-ring (bicyclic) bond motifs is 1. The summed E-state index contributed by atoms with van der Waals surface area (Å²) in [5.74, 6) is -0.649. The Balaban J connectivity index is 1.85. The molecule has 0 spiro atoms. The van der Waals surface area contributed by atoms with Gasteiger partial charge in [-0.2, -0.15) is 0 Å². The number of nitrogens with one attached hydrogen (secondary N) is 1. The van der Waals surface area contributed by atoms with Crippen molar-refractivity contribution in [1.29, 1.82) is 0 Å². The number of primary amides is 1. The van der Waals surface area contributed by atoms with E-state index in [4.69, 9.17) is 5.73 Å². The number of ketones is 1. The van der Waals surface area contributed by atoms with E-state index in [2.05, 4.69) is 9.97 Å². The summed E-state index contributed by atoms with van der Waals surface area (Å²) < 4.78 is 0. The maximum atomic E-state index is 12.5. The number of carbonyl (C=O) groups is 3. The molecule has 0 saturated heterocycles. The summed E-state index contributed by atoms with van der Waals surface area (Å²) in [6, 6.07) is 6.45. The molecule has 0 radical (unpaired) electrons. The van der Waals surface area contributed by atoms with Gasteiger partial charge in [0.15, 0.2) is 0 Å². The van der Waals surface area contributed by atoms with Crippen LogP contribution < -0.4 is 11.3 Å². The fourth-order valence-electron chi connectivity index (χ4n) is 3.12. The molecule has 3 N–H and O–H groups in total. The van der Waals surface area contributed by atoms with Crippen molar-refractivity contribution in [3.63, 3.8) is 0 Å². The molecule has 146 valence electrons. The highest BCUT2D eigenvalue weighted by Gasteiger charge is 2.26. The molecule has 8 nitrogen and oxygen atoms in total. The number of carbonyl (C=O) groups excluding carboxylic acids is 3. The van der Waals surface area contributed by atoms with E-state index in [0.29, 0.717) is 41.2 Å². The Morgan fingerprint density at radius 2 is 1.93 bits per heavy atom. The van der Waals surface area contributed by atoms with Crippen LogP contribution in [0.1, 0.15) is 41.9 Å². The Labute approximate surface area is 161 Å². The van der Waals surface area contributed by atoms with Crippen LogP contribution in [0.25, 0.3) is 11.4 Å². The molecule has 0 unspecified atom stereocenters. The molecule has 0 aliphatic carbocycles. The lowest BCUT2D eigenvalue weighted by Crippen LogP contribution is -2.40. The van der Waals surface area contributed by atoms with E-state index in [1.807, 2.05) is 0 Å². The standard InChI is InChI=1S/C20H22N4O4/c1-11(12(2)25)9-17(26)24-8-7-15-16(10-24)22-19(23-20(15)28)14-5-3-13(4-6-14)18(21)27/h3-6,11H,7-10H2,1-2H3,(H2,21,27)(H,22,23,28)/t11-/m0/s1. The molecule has 0 fully saturated rings. The fraction of sp³-hybridized carbons (Fsp3) is 0.350.